The number of hydrogen-bond donors (Lipinski definition) is 0. The van der Waals surface area contributed by atoms with Crippen molar-refractivity contribution in [3.63, 3.8) is 0 Å². The number of allylic oxidation sites excluding steroid dienone is 1. The molecule has 0 radical (unpaired) electrons. The van der Waals surface area contributed by atoms with E-state index in [1.165, 1.54) is 11.3 Å². The van der Waals surface area contributed by atoms with Crippen LogP contribution in [-0.4, -0.2) is 34.9 Å². The Morgan fingerprint density at radius 3 is 2.41 bits per heavy atom. The molecule has 0 aliphatic carbocycles. The SMILES string of the molecule is CCOC(=O)C1=C(C)N=c2s/c(=C/c3cn(CCOc4ccccc4)c4ccccc34)c(=O)n2[C@H]1c1ccc(OCC)cc1. The number of rotatable bonds is 10. The number of carbonyl (C=O) groups is 1. The van der Waals surface area contributed by atoms with E-state index < -0.39 is 12.0 Å². The van der Waals surface area contributed by atoms with Gasteiger partial charge in [0, 0.05) is 22.7 Å². The molecule has 0 spiro atoms. The molecule has 9 heteroatoms. The van der Waals surface area contributed by atoms with Gasteiger partial charge >= 0.3 is 5.97 Å². The lowest BCUT2D eigenvalue weighted by molar-refractivity contribution is -0.139. The Morgan fingerprint density at radius 1 is 0.932 bits per heavy atom. The summed E-state index contributed by atoms with van der Waals surface area (Å²) in [5, 5.41) is 1.03. The minimum Gasteiger partial charge on any atom is -0.494 e. The van der Waals surface area contributed by atoms with Gasteiger partial charge in [-0.3, -0.25) is 9.36 Å². The first-order valence-electron chi connectivity index (χ1n) is 14.7. The van der Waals surface area contributed by atoms with Crippen molar-refractivity contribution in [1.82, 2.24) is 9.13 Å². The van der Waals surface area contributed by atoms with Gasteiger partial charge in [-0.15, -0.1) is 0 Å². The standard InChI is InChI=1S/C35H33N3O5S/c1-4-41-27-17-15-24(16-18-27)32-31(34(40)42-5-2)23(3)36-35-38(32)33(39)30(44-35)21-25-22-37(29-14-10-9-13-28(25)29)19-20-43-26-11-7-6-8-12-26/h6-18,21-22,32H,4-5,19-20H2,1-3H3/b30-21+/t32-/m0/s1. The number of aromatic nitrogens is 2. The first-order chi connectivity index (χ1) is 21.5. The van der Waals surface area contributed by atoms with Gasteiger partial charge in [0.2, 0.25) is 0 Å². The molecule has 0 saturated heterocycles. The lowest BCUT2D eigenvalue weighted by Gasteiger charge is -2.24. The summed E-state index contributed by atoms with van der Waals surface area (Å²) in [5.41, 5.74) is 3.41. The Labute approximate surface area is 258 Å². The normalized spacial score (nSPS) is 14.8. The van der Waals surface area contributed by atoms with Crippen molar-refractivity contribution >= 4 is 34.3 Å². The largest absolute Gasteiger partial charge is 0.494 e. The molecule has 0 fully saturated rings. The summed E-state index contributed by atoms with van der Waals surface area (Å²) in [6.45, 7) is 7.38. The molecule has 224 valence electrons. The van der Waals surface area contributed by atoms with E-state index in [1.807, 2.05) is 79.7 Å². The Kier molecular flexibility index (Phi) is 8.47. The van der Waals surface area contributed by atoms with Crippen LogP contribution in [0.1, 0.15) is 37.9 Å². The number of ether oxygens (including phenoxy) is 3. The first-order valence-corrected chi connectivity index (χ1v) is 15.5. The van der Waals surface area contributed by atoms with Crippen molar-refractivity contribution in [2.45, 2.75) is 33.4 Å². The molecular formula is C35H33N3O5S. The molecule has 0 bridgehead atoms. The van der Waals surface area contributed by atoms with E-state index in [0.717, 1.165) is 27.8 Å². The van der Waals surface area contributed by atoms with Crippen LogP contribution in [-0.2, 0) is 16.1 Å². The van der Waals surface area contributed by atoms with Crippen LogP contribution in [0.25, 0.3) is 17.0 Å². The van der Waals surface area contributed by atoms with E-state index in [-0.39, 0.29) is 12.2 Å². The number of para-hydroxylation sites is 2. The predicted molar refractivity (Wildman–Crippen MR) is 172 cm³/mol. The van der Waals surface area contributed by atoms with E-state index in [1.54, 1.807) is 18.4 Å². The number of esters is 1. The second kappa shape index (κ2) is 12.8. The van der Waals surface area contributed by atoms with Crippen molar-refractivity contribution in [2.24, 2.45) is 4.99 Å². The molecule has 0 amide bonds. The topological polar surface area (TPSA) is 84.0 Å². The van der Waals surface area contributed by atoms with Gasteiger partial charge in [-0.25, -0.2) is 9.79 Å². The van der Waals surface area contributed by atoms with Gasteiger partial charge in [-0.1, -0.05) is 59.9 Å². The van der Waals surface area contributed by atoms with Crippen molar-refractivity contribution in [3.8, 4) is 11.5 Å². The molecule has 3 aromatic carbocycles. The molecule has 2 aromatic heterocycles. The maximum Gasteiger partial charge on any atom is 0.338 e. The van der Waals surface area contributed by atoms with Crippen molar-refractivity contribution in [3.05, 3.63) is 127 Å². The van der Waals surface area contributed by atoms with E-state index >= 15 is 0 Å². The molecule has 0 unspecified atom stereocenters. The molecule has 0 saturated carbocycles. The lowest BCUT2D eigenvalue weighted by atomic mass is 9.96. The van der Waals surface area contributed by atoms with Crippen molar-refractivity contribution in [1.29, 1.82) is 0 Å². The molecular weight excluding hydrogens is 574 g/mol. The highest BCUT2D eigenvalue weighted by Crippen LogP contribution is 2.32. The molecule has 6 rings (SSSR count). The maximum absolute atomic E-state index is 14.1. The number of carbonyl (C=O) groups excluding carboxylic acids is 1. The van der Waals surface area contributed by atoms with Crippen molar-refractivity contribution in [2.75, 3.05) is 19.8 Å². The number of nitrogens with zero attached hydrogens (tertiary/aromatic N) is 3. The summed E-state index contributed by atoms with van der Waals surface area (Å²) in [4.78, 5) is 32.6. The quantitative estimate of drug-likeness (QED) is 0.203. The second-order valence-electron chi connectivity index (χ2n) is 10.3. The third-order valence-corrected chi connectivity index (χ3v) is 8.46. The number of fused-ring (bicyclic) bond motifs is 2. The van der Waals surface area contributed by atoms with Crippen LogP contribution >= 0.6 is 11.3 Å². The second-order valence-corrected chi connectivity index (χ2v) is 11.3. The van der Waals surface area contributed by atoms with Gasteiger partial charge in [-0.2, -0.15) is 0 Å². The first kappa shape index (κ1) is 29.2. The summed E-state index contributed by atoms with van der Waals surface area (Å²) in [7, 11) is 0. The summed E-state index contributed by atoms with van der Waals surface area (Å²) in [6, 6.07) is 24.6. The average molecular weight is 608 g/mol. The molecule has 1 atom stereocenters. The highest BCUT2D eigenvalue weighted by molar-refractivity contribution is 7.07. The Balaban J connectivity index is 1.42. The van der Waals surface area contributed by atoms with Crippen molar-refractivity contribution < 1.29 is 19.0 Å². The minimum absolute atomic E-state index is 0.217. The Morgan fingerprint density at radius 2 is 1.66 bits per heavy atom. The van der Waals surface area contributed by atoms with E-state index in [4.69, 9.17) is 19.2 Å². The number of thiazole rings is 1. The monoisotopic (exact) mass is 607 g/mol. The zero-order valence-electron chi connectivity index (χ0n) is 24.9. The Hall–Kier alpha value is -4.89. The van der Waals surface area contributed by atoms with Crippen LogP contribution in [0.2, 0.25) is 0 Å². The average Bonchev–Trinajstić information content (AvgIpc) is 3.54. The van der Waals surface area contributed by atoms with Crippen LogP contribution in [0.15, 0.2) is 106 Å². The van der Waals surface area contributed by atoms with Crippen LogP contribution in [0.3, 0.4) is 0 Å². The summed E-state index contributed by atoms with van der Waals surface area (Å²) in [6.07, 6.45) is 3.97. The smallest absolute Gasteiger partial charge is 0.338 e. The molecule has 0 N–H and O–H groups in total. The maximum atomic E-state index is 14.1. The molecule has 1 aliphatic rings. The van der Waals surface area contributed by atoms with Gasteiger partial charge in [0.25, 0.3) is 5.56 Å². The highest BCUT2D eigenvalue weighted by Gasteiger charge is 2.33. The fraction of sp³-hybridized carbons (Fsp3) is 0.229. The van der Waals surface area contributed by atoms with Gasteiger partial charge < -0.3 is 18.8 Å². The zero-order valence-corrected chi connectivity index (χ0v) is 25.7. The minimum atomic E-state index is -0.681. The van der Waals surface area contributed by atoms with Crippen LogP contribution < -0.4 is 24.4 Å². The summed E-state index contributed by atoms with van der Waals surface area (Å²) < 4.78 is 21.3. The van der Waals surface area contributed by atoms with E-state index in [9.17, 15) is 9.59 Å². The number of benzene rings is 3. The highest BCUT2D eigenvalue weighted by atomic mass is 32.1. The van der Waals surface area contributed by atoms with Crippen LogP contribution in [0.5, 0.6) is 11.5 Å². The third kappa shape index (κ3) is 5.70. The zero-order chi connectivity index (χ0) is 30.6. The molecule has 5 aromatic rings. The van der Waals surface area contributed by atoms with Crippen LogP contribution in [0, 0.1) is 0 Å². The predicted octanol–water partition coefficient (Wildman–Crippen LogP) is 5.23. The third-order valence-electron chi connectivity index (χ3n) is 7.47. The summed E-state index contributed by atoms with van der Waals surface area (Å²) >= 11 is 1.31. The van der Waals surface area contributed by atoms with E-state index in [0.29, 0.717) is 46.1 Å². The molecule has 1 aliphatic heterocycles. The van der Waals surface area contributed by atoms with Gasteiger partial charge in [0.15, 0.2) is 4.80 Å². The van der Waals surface area contributed by atoms with Gasteiger partial charge in [0.1, 0.15) is 18.1 Å². The molecule has 3 heterocycles. The molecule has 44 heavy (non-hydrogen) atoms. The van der Waals surface area contributed by atoms with Gasteiger partial charge in [0.05, 0.1) is 41.6 Å². The van der Waals surface area contributed by atoms with E-state index in [2.05, 4.69) is 22.9 Å². The lowest BCUT2D eigenvalue weighted by Crippen LogP contribution is -2.39. The molecule has 8 nitrogen and oxygen atoms in total. The Bertz CT molecular complexity index is 2020. The van der Waals surface area contributed by atoms with Crippen LogP contribution in [0.4, 0.5) is 0 Å². The summed E-state index contributed by atoms with van der Waals surface area (Å²) in [5.74, 6) is 1.06. The van der Waals surface area contributed by atoms with Gasteiger partial charge in [-0.05, 0) is 62.7 Å². The fourth-order valence-electron chi connectivity index (χ4n) is 5.51. The fourth-order valence-corrected chi connectivity index (χ4v) is 6.55. The number of hydrogen-bond acceptors (Lipinski definition) is 7.